The molecule has 0 radical (unpaired) electrons. The number of anilines is 1. The summed E-state index contributed by atoms with van der Waals surface area (Å²) in [6, 6.07) is 14.6. The molecular weight excluding hydrogens is 358 g/mol. The smallest absolute Gasteiger partial charge is 0.186 e. The van der Waals surface area contributed by atoms with E-state index in [1.54, 1.807) is 25.6 Å². The number of benzene rings is 2. The van der Waals surface area contributed by atoms with Crippen LogP contribution < -0.4 is 14.4 Å². The Labute approximate surface area is 164 Å². The van der Waals surface area contributed by atoms with Crippen LogP contribution in [0.4, 0.5) is 5.13 Å². The fraction of sp³-hybridized carbons (Fsp3) is 0.381. The second kappa shape index (κ2) is 8.15. The number of ether oxygens (including phenoxy) is 2. The second-order valence-corrected chi connectivity index (χ2v) is 7.69. The standard InChI is InChI=1S/C21H25N3O2S/c1-25-17-8-9-18(26-2)20-19(17)22-21(27-20)24-14-12-23(13-15-24)11-10-16-6-4-3-5-7-16/h3-9H,10-15H2,1-2H3. The van der Waals surface area contributed by atoms with Gasteiger partial charge in [-0.1, -0.05) is 41.7 Å². The van der Waals surface area contributed by atoms with E-state index in [-0.39, 0.29) is 0 Å². The summed E-state index contributed by atoms with van der Waals surface area (Å²) in [5.74, 6) is 1.66. The number of nitrogens with zero attached hydrogens (tertiary/aromatic N) is 3. The van der Waals surface area contributed by atoms with Gasteiger partial charge in [0.25, 0.3) is 0 Å². The van der Waals surface area contributed by atoms with E-state index in [4.69, 9.17) is 14.5 Å². The third kappa shape index (κ3) is 3.87. The molecule has 6 heteroatoms. The third-order valence-electron chi connectivity index (χ3n) is 5.10. The molecule has 2 aromatic carbocycles. The van der Waals surface area contributed by atoms with Crippen molar-refractivity contribution in [1.29, 1.82) is 0 Å². The summed E-state index contributed by atoms with van der Waals surface area (Å²) in [5, 5.41) is 1.05. The lowest BCUT2D eigenvalue weighted by Gasteiger charge is -2.34. The predicted molar refractivity (Wildman–Crippen MR) is 112 cm³/mol. The van der Waals surface area contributed by atoms with Crippen LogP contribution in [-0.4, -0.2) is 56.8 Å². The average Bonchev–Trinajstić information content (AvgIpc) is 3.18. The van der Waals surface area contributed by atoms with Crippen molar-refractivity contribution < 1.29 is 9.47 Å². The van der Waals surface area contributed by atoms with E-state index in [1.165, 1.54) is 5.56 Å². The molecule has 0 saturated carbocycles. The first-order valence-electron chi connectivity index (χ1n) is 9.31. The Bertz CT molecular complexity index is 848. The molecule has 0 aliphatic carbocycles. The predicted octanol–water partition coefficient (Wildman–Crippen LogP) is 3.68. The second-order valence-electron chi connectivity index (χ2n) is 6.71. The van der Waals surface area contributed by atoms with Crippen LogP contribution in [0.3, 0.4) is 0 Å². The largest absolute Gasteiger partial charge is 0.495 e. The first-order chi connectivity index (χ1) is 13.3. The molecule has 1 aromatic heterocycles. The molecule has 2 heterocycles. The van der Waals surface area contributed by atoms with Gasteiger partial charge in [-0.05, 0) is 24.1 Å². The van der Waals surface area contributed by atoms with Crippen molar-refractivity contribution in [2.45, 2.75) is 6.42 Å². The van der Waals surface area contributed by atoms with Crippen LogP contribution in [0.2, 0.25) is 0 Å². The SMILES string of the molecule is COc1ccc(OC)c2sc(N3CCN(CCc4ccccc4)CC3)nc12. The number of piperazine rings is 1. The van der Waals surface area contributed by atoms with Crippen molar-refractivity contribution in [2.75, 3.05) is 51.8 Å². The maximum Gasteiger partial charge on any atom is 0.186 e. The molecule has 5 nitrogen and oxygen atoms in total. The number of rotatable bonds is 6. The molecule has 27 heavy (non-hydrogen) atoms. The zero-order valence-corrected chi connectivity index (χ0v) is 16.7. The highest BCUT2D eigenvalue weighted by atomic mass is 32.1. The Morgan fingerprint density at radius 2 is 1.63 bits per heavy atom. The van der Waals surface area contributed by atoms with E-state index < -0.39 is 0 Å². The molecule has 0 amide bonds. The molecule has 0 N–H and O–H groups in total. The van der Waals surface area contributed by atoms with Crippen LogP contribution in [0.15, 0.2) is 42.5 Å². The van der Waals surface area contributed by atoms with Gasteiger partial charge in [0.15, 0.2) is 5.13 Å². The summed E-state index contributed by atoms with van der Waals surface area (Å²) in [4.78, 5) is 9.77. The summed E-state index contributed by atoms with van der Waals surface area (Å²) in [5.41, 5.74) is 2.30. The lowest BCUT2D eigenvalue weighted by molar-refractivity contribution is 0.261. The van der Waals surface area contributed by atoms with E-state index in [2.05, 4.69) is 40.1 Å². The molecule has 0 spiro atoms. The molecule has 3 aromatic rings. The first-order valence-corrected chi connectivity index (χ1v) is 10.1. The third-order valence-corrected chi connectivity index (χ3v) is 6.23. The van der Waals surface area contributed by atoms with Crippen molar-refractivity contribution in [3.05, 3.63) is 48.0 Å². The topological polar surface area (TPSA) is 37.8 Å². The molecule has 1 aliphatic rings. The molecule has 0 atom stereocenters. The summed E-state index contributed by atoms with van der Waals surface area (Å²) in [7, 11) is 3.39. The van der Waals surface area contributed by atoms with Gasteiger partial charge in [0.2, 0.25) is 0 Å². The van der Waals surface area contributed by atoms with Crippen molar-refractivity contribution in [1.82, 2.24) is 9.88 Å². The molecule has 1 saturated heterocycles. The van der Waals surface area contributed by atoms with Crippen LogP contribution in [0.25, 0.3) is 10.2 Å². The Hall–Kier alpha value is -2.31. The Kier molecular flexibility index (Phi) is 5.45. The molecule has 0 bridgehead atoms. The van der Waals surface area contributed by atoms with Crippen LogP contribution >= 0.6 is 11.3 Å². The molecule has 142 valence electrons. The van der Waals surface area contributed by atoms with Crippen molar-refractivity contribution in [3.8, 4) is 11.5 Å². The molecule has 0 unspecified atom stereocenters. The van der Waals surface area contributed by atoms with E-state index in [9.17, 15) is 0 Å². The summed E-state index contributed by atoms with van der Waals surface area (Å²) >= 11 is 1.69. The van der Waals surface area contributed by atoms with Gasteiger partial charge in [0.05, 0.1) is 14.2 Å². The maximum atomic E-state index is 5.51. The van der Waals surface area contributed by atoms with Gasteiger partial charge in [0.1, 0.15) is 21.7 Å². The highest BCUT2D eigenvalue weighted by Gasteiger charge is 2.22. The van der Waals surface area contributed by atoms with Crippen molar-refractivity contribution in [2.24, 2.45) is 0 Å². The maximum absolute atomic E-state index is 5.51. The number of thiazole rings is 1. The van der Waals surface area contributed by atoms with Gasteiger partial charge in [-0.3, -0.25) is 4.90 Å². The Balaban J connectivity index is 1.42. The lowest BCUT2D eigenvalue weighted by Crippen LogP contribution is -2.46. The van der Waals surface area contributed by atoms with Gasteiger partial charge >= 0.3 is 0 Å². The highest BCUT2D eigenvalue weighted by molar-refractivity contribution is 7.22. The van der Waals surface area contributed by atoms with Gasteiger partial charge in [-0.25, -0.2) is 4.98 Å². The minimum absolute atomic E-state index is 0.801. The zero-order chi connectivity index (χ0) is 18.6. The van der Waals surface area contributed by atoms with Crippen LogP contribution in [0.1, 0.15) is 5.56 Å². The minimum atomic E-state index is 0.801. The Morgan fingerprint density at radius 3 is 2.33 bits per heavy atom. The quantitative estimate of drug-likeness (QED) is 0.649. The van der Waals surface area contributed by atoms with E-state index in [1.807, 2.05) is 12.1 Å². The molecule has 1 fully saturated rings. The number of hydrogen-bond acceptors (Lipinski definition) is 6. The fourth-order valence-electron chi connectivity index (χ4n) is 3.50. The van der Waals surface area contributed by atoms with Gasteiger partial charge in [-0.2, -0.15) is 0 Å². The minimum Gasteiger partial charge on any atom is -0.495 e. The van der Waals surface area contributed by atoms with Crippen molar-refractivity contribution >= 4 is 26.7 Å². The average molecular weight is 384 g/mol. The van der Waals surface area contributed by atoms with Crippen LogP contribution in [0.5, 0.6) is 11.5 Å². The Morgan fingerprint density at radius 1 is 0.926 bits per heavy atom. The van der Waals surface area contributed by atoms with Crippen LogP contribution in [0, 0.1) is 0 Å². The highest BCUT2D eigenvalue weighted by Crippen LogP contribution is 2.40. The summed E-state index contributed by atoms with van der Waals surface area (Å²) in [6.45, 7) is 5.24. The summed E-state index contributed by atoms with van der Waals surface area (Å²) in [6.07, 6.45) is 1.11. The number of methoxy groups -OCH3 is 2. The summed E-state index contributed by atoms with van der Waals surface area (Å²) < 4.78 is 12.0. The molecule has 4 rings (SSSR count). The molecule has 1 aliphatic heterocycles. The zero-order valence-electron chi connectivity index (χ0n) is 15.9. The van der Waals surface area contributed by atoms with Crippen LogP contribution in [-0.2, 0) is 6.42 Å². The normalized spacial score (nSPS) is 15.3. The monoisotopic (exact) mass is 383 g/mol. The molecular formula is C21H25N3O2S. The van der Waals surface area contributed by atoms with E-state index in [0.717, 1.165) is 66.0 Å². The van der Waals surface area contributed by atoms with E-state index >= 15 is 0 Å². The van der Waals surface area contributed by atoms with Gasteiger partial charge < -0.3 is 14.4 Å². The van der Waals surface area contributed by atoms with Gasteiger partial charge in [0, 0.05) is 32.7 Å². The number of aromatic nitrogens is 1. The van der Waals surface area contributed by atoms with E-state index in [0.29, 0.717) is 0 Å². The fourth-order valence-corrected chi connectivity index (χ4v) is 4.63. The lowest BCUT2D eigenvalue weighted by atomic mass is 10.1. The van der Waals surface area contributed by atoms with Crippen molar-refractivity contribution in [3.63, 3.8) is 0 Å². The number of hydrogen-bond donors (Lipinski definition) is 0. The first kappa shape index (κ1) is 18.1. The van der Waals surface area contributed by atoms with Gasteiger partial charge in [-0.15, -0.1) is 0 Å². The number of fused-ring (bicyclic) bond motifs is 1.